The molecule has 0 unspecified atom stereocenters. The fourth-order valence-electron chi connectivity index (χ4n) is 4.52. The zero-order valence-electron chi connectivity index (χ0n) is 21.4. The first-order valence-corrected chi connectivity index (χ1v) is 13.9. The molecule has 0 rings (SSSR count). The SMILES string of the molecule is CCCCCCCCCCCCC[N+](C)(C)CCCCCCCCCCCCC. The number of hydrogen-bond donors (Lipinski definition) is 0. The Labute approximate surface area is 187 Å². The van der Waals surface area contributed by atoms with Gasteiger partial charge in [0, 0.05) is 0 Å². The molecule has 0 radical (unpaired) electrons. The summed E-state index contributed by atoms with van der Waals surface area (Å²) in [5.41, 5.74) is 0. The van der Waals surface area contributed by atoms with Crippen LogP contribution in [0, 0.1) is 0 Å². The molecule has 0 saturated heterocycles. The number of quaternary nitrogens is 1. The molecule has 0 saturated carbocycles. The molecular weight excluding hydrogens is 350 g/mol. The van der Waals surface area contributed by atoms with Crippen molar-refractivity contribution < 1.29 is 4.48 Å². The van der Waals surface area contributed by atoms with E-state index in [-0.39, 0.29) is 0 Å². The van der Waals surface area contributed by atoms with Gasteiger partial charge < -0.3 is 4.48 Å². The first-order chi connectivity index (χ1) is 14.1. The van der Waals surface area contributed by atoms with Crippen LogP contribution in [0.3, 0.4) is 0 Å². The van der Waals surface area contributed by atoms with E-state index in [1.54, 1.807) is 0 Å². The van der Waals surface area contributed by atoms with Crippen molar-refractivity contribution in [2.75, 3.05) is 27.2 Å². The van der Waals surface area contributed by atoms with Crippen LogP contribution in [-0.2, 0) is 0 Å². The molecule has 1 heteroatoms. The Kier molecular flexibility index (Phi) is 22.6. The molecule has 29 heavy (non-hydrogen) atoms. The van der Waals surface area contributed by atoms with Crippen LogP contribution in [0.25, 0.3) is 0 Å². The average molecular weight is 411 g/mol. The van der Waals surface area contributed by atoms with E-state index in [9.17, 15) is 0 Å². The molecule has 176 valence electrons. The van der Waals surface area contributed by atoms with Gasteiger partial charge in [0.05, 0.1) is 27.2 Å². The van der Waals surface area contributed by atoms with Gasteiger partial charge in [-0.15, -0.1) is 0 Å². The van der Waals surface area contributed by atoms with Gasteiger partial charge in [-0.1, -0.05) is 129 Å². The average Bonchev–Trinajstić information content (AvgIpc) is 2.70. The maximum atomic E-state index is 2.45. The molecule has 0 aromatic heterocycles. The van der Waals surface area contributed by atoms with Crippen LogP contribution in [0.15, 0.2) is 0 Å². The lowest BCUT2D eigenvalue weighted by Crippen LogP contribution is -2.41. The second kappa shape index (κ2) is 22.6. The molecular formula is C28H60N+. The predicted molar refractivity (Wildman–Crippen MR) is 135 cm³/mol. The standard InChI is InChI=1S/C28H60N/c1-5-7-9-11-13-15-17-19-21-23-25-27-29(3,4)28-26-24-22-20-18-16-14-12-10-8-6-2/h5-28H2,1-4H3/q+1. The third kappa shape index (κ3) is 24.1. The summed E-state index contributed by atoms with van der Waals surface area (Å²) < 4.78 is 1.24. The summed E-state index contributed by atoms with van der Waals surface area (Å²) in [4.78, 5) is 0. The first kappa shape index (κ1) is 29.0. The van der Waals surface area contributed by atoms with Crippen molar-refractivity contribution in [2.24, 2.45) is 0 Å². The van der Waals surface area contributed by atoms with Crippen molar-refractivity contribution in [3.8, 4) is 0 Å². The zero-order valence-corrected chi connectivity index (χ0v) is 21.4. The van der Waals surface area contributed by atoms with Crippen molar-refractivity contribution in [3.05, 3.63) is 0 Å². The molecule has 1 nitrogen and oxygen atoms in total. The smallest absolute Gasteiger partial charge is 0.0782 e. The van der Waals surface area contributed by atoms with Gasteiger partial charge in [0.25, 0.3) is 0 Å². The summed E-state index contributed by atoms with van der Waals surface area (Å²) >= 11 is 0. The lowest BCUT2D eigenvalue weighted by molar-refractivity contribution is -0.890. The number of nitrogens with zero attached hydrogens (tertiary/aromatic N) is 1. The van der Waals surface area contributed by atoms with Crippen molar-refractivity contribution in [1.82, 2.24) is 0 Å². The molecule has 0 aliphatic carbocycles. The van der Waals surface area contributed by atoms with Gasteiger partial charge in [-0.05, 0) is 25.7 Å². The second-order valence-electron chi connectivity index (χ2n) is 10.5. The Bertz CT molecular complexity index is 269. The van der Waals surface area contributed by atoms with E-state index < -0.39 is 0 Å². The Balaban J connectivity index is 3.30. The minimum absolute atomic E-state index is 1.24. The molecule has 0 fully saturated rings. The largest absolute Gasteiger partial charge is 0.328 e. The highest BCUT2D eigenvalue weighted by molar-refractivity contribution is 4.50. The van der Waals surface area contributed by atoms with Crippen LogP contribution in [-0.4, -0.2) is 31.7 Å². The Morgan fingerprint density at radius 2 is 0.517 bits per heavy atom. The maximum absolute atomic E-state index is 2.45. The van der Waals surface area contributed by atoms with E-state index in [2.05, 4.69) is 27.9 Å². The van der Waals surface area contributed by atoms with Crippen LogP contribution in [0.5, 0.6) is 0 Å². The quantitative estimate of drug-likeness (QED) is 0.110. The Morgan fingerprint density at radius 3 is 0.759 bits per heavy atom. The van der Waals surface area contributed by atoms with E-state index in [4.69, 9.17) is 0 Å². The fourth-order valence-corrected chi connectivity index (χ4v) is 4.52. The third-order valence-corrected chi connectivity index (χ3v) is 6.73. The Morgan fingerprint density at radius 1 is 0.310 bits per heavy atom. The van der Waals surface area contributed by atoms with Crippen LogP contribution < -0.4 is 0 Å². The lowest BCUT2D eigenvalue weighted by atomic mass is 10.1. The number of hydrogen-bond acceptors (Lipinski definition) is 0. The van der Waals surface area contributed by atoms with E-state index >= 15 is 0 Å². The van der Waals surface area contributed by atoms with Gasteiger partial charge in [-0.25, -0.2) is 0 Å². The topological polar surface area (TPSA) is 0 Å². The zero-order chi connectivity index (χ0) is 21.5. The van der Waals surface area contributed by atoms with Gasteiger partial charge >= 0.3 is 0 Å². The molecule has 0 heterocycles. The fraction of sp³-hybridized carbons (Fsp3) is 1.00. The molecule has 0 aliphatic heterocycles. The van der Waals surface area contributed by atoms with E-state index in [1.807, 2.05) is 0 Å². The number of unbranched alkanes of at least 4 members (excludes halogenated alkanes) is 20. The van der Waals surface area contributed by atoms with Gasteiger partial charge in [0.1, 0.15) is 0 Å². The van der Waals surface area contributed by atoms with Gasteiger partial charge in [-0.2, -0.15) is 0 Å². The highest BCUT2D eigenvalue weighted by Gasteiger charge is 2.13. The summed E-state index contributed by atoms with van der Waals surface area (Å²) in [5, 5.41) is 0. The van der Waals surface area contributed by atoms with Crippen molar-refractivity contribution in [3.63, 3.8) is 0 Å². The van der Waals surface area contributed by atoms with Gasteiger partial charge in [0.15, 0.2) is 0 Å². The third-order valence-electron chi connectivity index (χ3n) is 6.73. The second-order valence-corrected chi connectivity index (χ2v) is 10.5. The molecule has 0 aromatic rings. The van der Waals surface area contributed by atoms with E-state index in [0.29, 0.717) is 0 Å². The minimum Gasteiger partial charge on any atom is -0.328 e. The summed E-state index contributed by atoms with van der Waals surface area (Å²) in [6.45, 7) is 7.37. The van der Waals surface area contributed by atoms with Gasteiger partial charge in [-0.3, -0.25) is 0 Å². The van der Waals surface area contributed by atoms with Crippen LogP contribution in [0.1, 0.15) is 155 Å². The molecule has 0 aliphatic rings. The molecule has 0 bridgehead atoms. The predicted octanol–water partition coefficient (Wildman–Crippen LogP) is 9.68. The van der Waals surface area contributed by atoms with Crippen LogP contribution in [0.2, 0.25) is 0 Å². The van der Waals surface area contributed by atoms with Crippen molar-refractivity contribution >= 4 is 0 Å². The van der Waals surface area contributed by atoms with E-state index in [0.717, 1.165) is 0 Å². The molecule has 0 N–H and O–H groups in total. The Hall–Kier alpha value is -0.0400. The summed E-state index contributed by atoms with van der Waals surface area (Å²) in [7, 11) is 4.90. The van der Waals surface area contributed by atoms with Crippen LogP contribution in [0.4, 0.5) is 0 Å². The molecule has 0 spiro atoms. The van der Waals surface area contributed by atoms with Gasteiger partial charge in [0.2, 0.25) is 0 Å². The van der Waals surface area contributed by atoms with E-state index in [1.165, 1.54) is 159 Å². The van der Waals surface area contributed by atoms with Crippen molar-refractivity contribution in [2.45, 2.75) is 155 Å². The monoisotopic (exact) mass is 410 g/mol. The summed E-state index contributed by atoms with van der Waals surface area (Å²) in [6.07, 6.45) is 32.0. The molecule has 0 aromatic carbocycles. The minimum atomic E-state index is 1.24. The van der Waals surface area contributed by atoms with Crippen LogP contribution >= 0.6 is 0 Å². The normalized spacial score (nSPS) is 12.0. The van der Waals surface area contributed by atoms with Crippen molar-refractivity contribution in [1.29, 1.82) is 0 Å². The highest BCUT2D eigenvalue weighted by Crippen LogP contribution is 2.14. The summed E-state index contributed by atoms with van der Waals surface area (Å²) in [5.74, 6) is 0. The number of rotatable bonds is 24. The molecule has 0 amide bonds. The molecule has 0 atom stereocenters. The highest BCUT2D eigenvalue weighted by atomic mass is 15.3. The lowest BCUT2D eigenvalue weighted by Gasteiger charge is -2.30. The first-order valence-electron chi connectivity index (χ1n) is 13.9. The summed E-state index contributed by atoms with van der Waals surface area (Å²) in [6, 6.07) is 0. The maximum Gasteiger partial charge on any atom is 0.0782 e.